The van der Waals surface area contributed by atoms with Crippen molar-refractivity contribution >= 4 is 5.91 Å². The highest BCUT2D eigenvalue weighted by Crippen LogP contribution is 2.26. The number of benzene rings is 1. The van der Waals surface area contributed by atoms with E-state index >= 15 is 0 Å². The lowest BCUT2D eigenvalue weighted by atomic mass is 9.99. The maximum absolute atomic E-state index is 12.6. The van der Waals surface area contributed by atoms with E-state index in [2.05, 4.69) is 4.90 Å². The summed E-state index contributed by atoms with van der Waals surface area (Å²) in [4.78, 5) is 17.0. The number of amides is 1. The summed E-state index contributed by atoms with van der Waals surface area (Å²) in [5.74, 6) is 0.0972. The van der Waals surface area contributed by atoms with Gasteiger partial charge in [-0.25, -0.2) is 0 Å². The molecule has 2 saturated heterocycles. The first-order valence-corrected chi connectivity index (χ1v) is 7.48. The van der Waals surface area contributed by atoms with Crippen LogP contribution in [-0.4, -0.2) is 53.0 Å². The molecule has 1 atom stereocenters. The Labute approximate surface area is 120 Å². The lowest BCUT2D eigenvalue weighted by Crippen LogP contribution is -2.56. The Morgan fingerprint density at radius 3 is 2.95 bits per heavy atom. The van der Waals surface area contributed by atoms with Crippen molar-refractivity contribution in [3.8, 4) is 5.75 Å². The molecule has 4 nitrogen and oxygen atoms in total. The molecule has 2 aliphatic rings. The average molecular weight is 274 g/mol. The second-order valence-electron chi connectivity index (χ2n) is 5.91. The van der Waals surface area contributed by atoms with Gasteiger partial charge in [-0.2, -0.15) is 0 Å². The summed E-state index contributed by atoms with van der Waals surface area (Å²) in [5, 5.41) is 10.1. The number of phenols is 1. The van der Waals surface area contributed by atoms with Crippen LogP contribution in [-0.2, 0) is 0 Å². The summed E-state index contributed by atoms with van der Waals surface area (Å²) >= 11 is 0. The van der Waals surface area contributed by atoms with Crippen molar-refractivity contribution in [1.82, 2.24) is 9.80 Å². The summed E-state index contributed by atoms with van der Waals surface area (Å²) in [6.07, 6.45) is 3.73. The third-order valence-electron chi connectivity index (χ3n) is 4.59. The van der Waals surface area contributed by atoms with Crippen LogP contribution in [0.4, 0.5) is 0 Å². The number of carbonyl (C=O) groups excluding carboxylic acids is 1. The number of carbonyl (C=O) groups is 1. The summed E-state index contributed by atoms with van der Waals surface area (Å²) in [6.45, 7) is 5.52. The van der Waals surface area contributed by atoms with Gasteiger partial charge in [0.1, 0.15) is 5.75 Å². The molecule has 0 spiro atoms. The van der Waals surface area contributed by atoms with Crippen molar-refractivity contribution in [2.75, 3.05) is 26.2 Å². The molecule has 1 aromatic carbocycles. The van der Waals surface area contributed by atoms with E-state index < -0.39 is 0 Å². The van der Waals surface area contributed by atoms with Crippen molar-refractivity contribution in [3.63, 3.8) is 0 Å². The molecule has 2 fully saturated rings. The number of aryl methyl sites for hydroxylation is 1. The maximum atomic E-state index is 12.6. The molecule has 2 aliphatic heterocycles. The predicted octanol–water partition coefficient (Wildman–Crippen LogP) is 2.01. The molecular formula is C16H22N2O2. The lowest BCUT2D eigenvalue weighted by molar-refractivity contribution is 0.0370. The molecular weight excluding hydrogens is 252 g/mol. The van der Waals surface area contributed by atoms with Crippen LogP contribution >= 0.6 is 0 Å². The Kier molecular flexibility index (Phi) is 3.66. The average Bonchev–Trinajstić information content (AvgIpc) is 2.49. The molecule has 0 aliphatic carbocycles. The van der Waals surface area contributed by atoms with Crippen molar-refractivity contribution in [1.29, 1.82) is 0 Å². The van der Waals surface area contributed by atoms with Gasteiger partial charge in [-0.05, 0) is 37.9 Å². The molecule has 2 heterocycles. The van der Waals surface area contributed by atoms with Gasteiger partial charge >= 0.3 is 0 Å². The monoisotopic (exact) mass is 274 g/mol. The third-order valence-corrected chi connectivity index (χ3v) is 4.59. The summed E-state index contributed by atoms with van der Waals surface area (Å²) < 4.78 is 0. The number of rotatable bonds is 1. The van der Waals surface area contributed by atoms with Crippen LogP contribution in [0.5, 0.6) is 5.75 Å². The number of aromatic hydroxyl groups is 1. The van der Waals surface area contributed by atoms with Gasteiger partial charge in [-0.1, -0.05) is 18.6 Å². The third kappa shape index (κ3) is 2.40. The van der Waals surface area contributed by atoms with Crippen molar-refractivity contribution in [3.05, 3.63) is 29.3 Å². The molecule has 108 valence electrons. The zero-order valence-corrected chi connectivity index (χ0v) is 12.0. The molecule has 20 heavy (non-hydrogen) atoms. The van der Waals surface area contributed by atoms with Crippen LogP contribution in [0, 0.1) is 6.92 Å². The Bertz CT molecular complexity index is 515. The summed E-state index contributed by atoms with van der Waals surface area (Å²) in [6, 6.07) is 5.89. The van der Waals surface area contributed by atoms with Crippen LogP contribution in [0.25, 0.3) is 0 Å². The molecule has 1 N–H and O–H groups in total. The SMILES string of the molecule is Cc1cccc(C(=O)N2CCN3CCCCC3C2)c1O. The first kappa shape index (κ1) is 13.4. The number of nitrogens with zero attached hydrogens (tertiary/aromatic N) is 2. The number of piperidine rings is 1. The molecule has 1 amide bonds. The zero-order chi connectivity index (χ0) is 14.1. The number of phenolic OH excluding ortho intramolecular Hbond substituents is 1. The molecule has 0 aromatic heterocycles. The largest absolute Gasteiger partial charge is 0.507 e. The van der Waals surface area contributed by atoms with Gasteiger partial charge in [0.2, 0.25) is 0 Å². The van der Waals surface area contributed by atoms with Crippen LogP contribution in [0.15, 0.2) is 18.2 Å². The zero-order valence-electron chi connectivity index (χ0n) is 12.0. The van der Waals surface area contributed by atoms with E-state index in [4.69, 9.17) is 0 Å². The van der Waals surface area contributed by atoms with Gasteiger partial charge in [0.05, 0.1) is 5.56 Å². The quantitative estimate of drug-likeness (QED) is 0.852. The molecule has 3 rings (SSSR count). The van der Waals surface area contributed by atoms with Gasteiger partial charge in [-0.3, -0.25) is 9.69 Å². The minimum absolute atomic E-state index is 0.0311. The van der Waals surface area contributed by atoms with Crippen molar-refractivity contribution in [2.24, 2.45) is 0 Å². The van der Waals surface area contributed by atoms with Crippen LogP contribution in [0.2, 0.25) is 0 Å². The molecule has 0 saturated carbocycles. The first-order valence-electron chi connectivity index (χ1n) is 7.48. The van der Waals surface area contributed by atoms with Gasteiger partial charge in [0, 0.05) is 25.7 Å². The predicted molar refractivity (Wildman–Crippen MR) is 78.0 cm³/mol. The normalized spacial score (nSPS) is 23.4. The summed E-state index contributed by atoms with van der Waals surface area (Å²) in [7, 11) is 0. The topological polar surface area (TPSA) is 43.8 Å². The van der Waals surface area contributed by atoms with Crippen LogP contribution in [0.3, 0.4) is 0 Å². The number of fused-ring (bicyclic) bond motifs is 1. The Balaban J connectivity index is 1.76. The second kappa shape index (κ2) is 5.44. The number of hydrogen-bond donors (Lipinski definition) is 1. The molecule has 4 heteroatoms. The van der Waals surface area contributed by atoms with Crippen LogP contribution < -0.4 is 0 Å². The number of piperazine rings is 1. The van der Waals surface area contributed by atoms with E-state index in [1.165, 1.54) is 25.8 Å². The fourth-order valence-corrected chi connectivity index (χ4v) is 3.34. The smallest absolute Gasteiger partial charge is 0.257 e. The summed E-state index contributed by atoms with van der Waals surface area (Å²) in [5.41, 5.74) is 1.20. The van der Waals surface area contributed by atoms with Gasteiger partial charge < -0.3 is 10.0 Å². The van der Waals surface area contributed by atoms with E-state index in [1.807, 2.05) is 24.0 Å². The van der Waals surface area contributed by atoms with E-state index in [0.29, 0.717) is 11.6 Å². The van der Waals surface area contributed by atoms with Crippen LogP contribution in [0.1, 0.15) is 35.2 Å². The highest BCUT2D eigenvalue weighted by atomic mass is 16.3. The van der Waals surface area contributed by atoms with Crippen molar-refractivity contribution in [2.45, 2.75) is 32.2 Å². The van der Waals surface area contributed by atoms with Gasteiger partial charge in [-0.15, -0.1) is 0 Å². The van der Waals surface area contributed by atoms with Crippen molar-refractivity contribution < 1.29 is 9.90 Å². The molecule has 1 aromatic rings. The fraction of sp³-hybridized carbons (Fsp3) is 0.562. The Morgan fingerprint density at radius 1 is 1.25 bits per heavy atom. The number of hydrogen-bond acceptors (Lipinski definition) is 3. The minimum atomic E-state index is -0.0311. The molecule has 1 unspecified atom stereocenters. The molecule has 0 bridgehead atoms. The van der Waals surface area contributed by atoms with E-state index in [9.17, 15) is 9.90 Å². The number of para-hydroxylation sites is 1. The Morgan fingerprint density at radius 2 is 2.10 bits per heavy atom. The fourth-order valence-electron chi connectivity index (χ4n) is 3.34. The maximum Gasteiger partial charge on any atom is 0.257 e. The van der Waals surface area contributed by atoms with Gasteiger partial charge in [0.25, 0.3) is 5.91 Å². The Hall–Kier alpha value is -1.55. The highest BCUT2D eigenvalue weighted by Gasteiger charge is 2.32. The highest BCUT2D eigenvalue weighted by molar-refractivity contribution is 5.97. The molecule has 0 radical (unpaired) electrons. The van der Waals surface area contributed by atoms with E-state index in [1.54, 1.807) is 6.07 Å². The first-order chi connectivity index (χ1) is 9.66. The van der Waals surface area contributed by atoms with Gasteiger partial charge in [0.15, 0.2) is 0 Å². The lowest BCUT2D eigenvalue weighted by Gasteiger charge is -2.44. The van der Waals surface area contributed by atoms with E-state index in [0.717, 1.165) is 25.2 Å². The minimum Gasteiger partial charge on any atom is -0.507 e. The van der Waals surface area contributed by atoms with E-state index in [-0.39, 0.29) is 11.7 Å². The second-order valence-corrected chi connectivity index (χ2v) is 5.91. The standard InChI is InChI=1S/C16H22N2O2/c1-12-5-4-7-14(15(12)19)16(20)18-10-9-17-8-3-2-6-13(17)11-18/h4-5,7,13,19H,2-3,6,8-11H2,1H3.